The van der Waals surface area contributed by atoms with Gasteiger partial charge in [0.15, 0.2) is 0 Å². The van der Waals surface area contributed by atoms with Gasteiger partial charge in [-0.15, -0.1) is 0 Å². The van der Waals surface area contributed by atoms with Crippen molar-refractivity contribution < 1.29 is 27.5 Å². The van der Waals surface area contributed by atoms with Crippen LogP contribution in [0.4, 0.5) is 13.2 Å². The van der Waals surface area contributed by atoms with Crippen LogP contribution in [-0.2, 0) is 11.8 Å². The maximum Gasteiger partial charge on any atom is 0.433 e. The van der Waals surface area contributed by atoms with Crippen LogP contribution >= 0.6 is 0 Å². The van der Waals surface area contributed by atoms with Gasteiger partial charge in [-0.2, -0.15) is 13.2 Å². The predicted molar refractivity (Wildman–Crippen MR) is 87.4 cm³/mol. The molecular weight excluding hydrogens is 349 g/mol. The molecular formula is C18H15F3N2O3. The first-order valence-electron chi connectivity index (χ1n) is 7.70. The molecule has 1 atom stereocenters. The molecule has 0 spiro atoms. The number of alkyl halides is 3. The Hall–Kier alpha value is -2.87. The number of aromatic nitrogens is 1. The summed E-state index contributed by atoms with van der Waals surface area (Å²) in [4.78, 5) is 15.3. The molecule has 2 aromatic heterocycles. The van der Waals surface area contributed by atoms with Crippen LogP contribution in [-0.4, -0.2) is 22.5 Å². The minimum Gasteiger partial charge on any atom is -0.458 e. The van der Waals surface area contributed by atoms with E-state index < -0.39 is 23.4 Å². The van der Waals surface area contributed by atoms with Gasteiger partial charge in [0, 0.05) is 11.6 Å². The summed E-state index contributed by atoms with van der Waals surface area (Å²) in [6.45, 7) is 1.28. The van der Waals surface area contributed by atoms with E-state index in [1.54, 1.807) is 18.2 Å². The highest BCUT2D eigenvalue weighted by Crippen LogP contribution is 2.28. The van der Waals surface area contributed by atoms with Crippen LogP contribution in [0.5, 0.6) is 0 Å². The van der Waals surface area contributed by atoms with Crippen LogP contribution in [0.1, 0.15) is 28.7 Å². The van der Waals surface area contributed by atoms with E-state index in [2.05, 4.69) is 10.3 Å². The molecule has 0 radical (unpaired) electrons. The normalized spacial score (nSPS) is 14.2. The number of nitrogens with zero attached hydrogens (tertiary/aromatic N) is 1. The fourth-order valence-corrected chi connectivity index (χ4v) is 2.38. The maximum atomic E-state index is 12.5. The molecule has 0 fully saturated rings. The van der Waals surface area contributed by atoms with Crippen molar-refractivity contribution >= 4 is 16.9 Å². The zero-order chi connectivity index (χ0) is 18.9. The van der Waals surface area contributed by atoms with E-state index in [1.807, 2.05) is 12.1 Å². The standard InChI is InChI=1S/C18H15F3N2O3/c1-17(25,15-8-11-4-2-3-5-13(11)26-15)10-23-16(24)12-6-7-14(22-9-12)18(19,20)21/h2-9,25H,10H2,1H3,(H,23,24). The number of pyridine rings is 1. The molecule has 0 aliphatic carbocycles. The average Bonchev–Trinajstić information content (AvgIpc) is 3.04. The molecule has 0 bridgehead atoms. The largest absolute Gasteiger partial charge is 0.458 e. The Labute approximate surface area is 146 Å². The molecule has 3 aromatic rings. The summed E-state index contributed by atoms with van der Waals surface area (Å²) >= 11 is 0. The molecule has 136 valence electrons. The lowest BCUT2D eigenvalue weighted by Gasteiger charge is -2.21. The van der Waals surface area contributed by atoms with Crippen LogP contribution in [0.25, 0.3) is 11.0 Å². The van der Waals surface area contributed by atoms with Gasteiger partial charge in [0.25, 0.3) is 5.91 Å². The van der Waals surface area contributed by atoms with Crippen molar-refractivity contribution in [1.82, 2.24) is 10.3 Å². The van der Waals surface area contributed by atoms with Gasteiger partial charge in [-0.25, -0.2) is 0 Å². The van der Waals surface area contributed by atoms with E-state index >= 15 is 0 Å². The van der Waals surface area contributed by atoms with E-state index in [1.165, 1.54) is 6.92 Å². The Bertz CT molecular complexity index is 898. The van der Waals surface area contributed by atoms with E-state index in [-0.39, 0.29) is 17.9 Å². The number of amides is 1. The van der Waals surface area contributed by atoms with Gasteiger partial charge in [-0.1, -0.05) is 18.2 Å². The van der Waals surface area contributed by atoms with Crippen molar-refractivity contribution in [2.45, 2.75) is 18.7 Å². The van der Waals surface area contributed by atoms with E-state index in [9.17, 15) is 23.1 Å². The summed E-state index contributed by atoms with van der Waals surface area (Å²) in [5.41, 5.74) is -2.02. The smallest absolute Gasteiger partial charge is 0.433 e. The topological polar surface area (TPSA) is 75.4 Å². The van der Waals surface area contributed by atoms with Crippen LogP contribution in [0.2, 0.25) is 0 Å². The highest BCUT2D eigenvalue weighted by atomic mass is 19.4. The molecule has 0 aliphatic heterocycles. The Balaban J connectivity index is 1.69. The number of para-hydroxylation sites is 1. The van der Waals surface area contributed by atoms with Crippen LogP contribution in [0, 0.1) is 0 Å². The summed E-state index contributed by atoms with van der Waals surface area (Å²) in [7, 11) is 0. The lowest BCUT2D eigenvalue weighted by Crippen LogP contribution is -2.38. The second-order valence-electron chi connectivity index (χ2n) is 6.03. The van der Waals surface area contributed by atoms with Gasteiger partial charge < -0.3 is 14.8 Å². The monoisotopic (exact) mass is 364 g/mol. The maximum absolute atomic E-state index is 12.5. The number of rotatable bonds is 4. The van der Waals surface area contributed by atoms with Crippen molar-refractivity contribution in [3.05, 3.63) is 65.7 Å². The quantitative estimate of drug-likeness (QED) is 0.743. The van der Waals surface area contributed by atoms with Crippen molar-refractivity contribution in [2.75, 3.05) is 6.54 Å². The third kappa shape index (κ3) is 3.70. The Morgan fingerprint density at radius 2 is 1.96 bits per heavy atom. The average molecular weight is 364 g/mol. The minimum absolute atomic E-state index is 0.0431. The predicted octanol–water partition coefficient (Wildman–Crippen LogP) is 3.48. The zero-order valence-corrected chi connectivity index (χ0v) is 13.7. The third-order valence-electron chi connectivity index (χ3n) is 3.87. The molecule has 0 saturated carbocycles. The number of halogens is 3. The number of carbonyl (C=O) groups excluding carboxylic acids is 1. The molecule has 26 heavy (non-hydrogen) atoms. The third-order valence-corrected chi connectivity index (χ3v) is 3.87. The lowest BCUT2D eigenvalue weighted by atomic mass is 10.0. The molecule has 2 N–H and O–H groups in total. The summed E-state index contributed by atoms with van der Waals surface area (Å²) < 4.78 is 43.1. The Morgan fingerprint density at radius 1 is 1.23 bits per heavy atom. The molecule has 0 saturated heterocycles. The lowest BCUT2D eigenvalue weighted by molar-refractivity contribution is -0.141. The van der Waals surface area contributed by atoms with Crippen molar-refractivity contribution in [2.24, 2.45) is 0 Å². The van der Waals surface area contributed by atoms with Crippen molar-refractivity contribution in [3.8, 4) is 0 Å². The Kier molecular flexibility index (Phi) is 4.45. The zero-order valence-electron chi connectivity index (χ0n) is 13.7. The summed E-state index contributed by atoms with van der Waals surface area (Å²) in [5.74, 6) is -0.382. The molecule has 1 amide bonds. The van der Waals surface area contributed by atoms with Crippen LogP contribution in [0.15, 0.2) is 53.1 Å². The number of hydrogen-bond acceptors (Lipinski definition) is 4. The first kappa shape index (κ1) is 17.9. The molecule has 1 unspecified atom stereocenters. The van der Waals surface area contributed by atoms with Crippen LogP contribution < -0.4 is 5.32 Å². The number of furan rings is 1. The molecule has 2 heterocycles. The fraction of sp³-hybridized carbons (Fsp3) is 0.222. The van der Waals surface area contributed by atoms with Gasteiger partial charge in [0.1, 0.15) is 22.6 Å². The van der Waals surface area contributed by atoms with Crippen molar-refractivity contribution in [3.63, 3.8) is 0 Å². The number of nitrogens with one attached hydrogen (secondary N) is 1. The number of carbonyl (C=O) groups is 1. The SMILES string of the molecule is CC(O)(CNC(=O)c1ccc(C(F)(F)F)nc1)c1cc2ccccc2o1. The first-order chi connectivity index (χ1) is 12.2. The number of aliphatic hydroxyl groups is 1. The Morgan fingerprint density at radius 3 is 2.58 bits per heavy atom. The number of fused-ring (bicyclic) bond motifs is 1. The number of hydrogen-bond donors (Lipinski definition) is 2. The molecule has 0 aliphatic rings. The molecule has 8 heteroatoms. The van der Waals surface area contributed by atoms with E-state index in [0.717, 1.165) is 23.7 Å². The minimum atomic E-state index is -4.57. The molecule has 1 aromatic carbocycles. The van der Waals surface area contributed by atoms with Gasteiger partial charge in [-0.05, 0) is 31.2 Å². The van der Waals surface area contributed by atoms with Gasteiger partial charge >= 0.3 is 6.18 Å². The second kappa shape index (κ2) is 6.45. The highest BCUT2D eigenvalue weighted by molar-refractivity contribution is 5.93. The fourth-order valence-electron chi connectivity index (χ4n) is 2.38. The van der Waals surface area contributed by atoms with Crippen LogP contribution in [0.3, 0.4) is 0 Å². The molecule has 5 nitrogen and oxygen atoms in total. The summed E-state index contributed by atoms with van der Waals surface area (Å²) in [6.07, 6.45) is -3.73. The molecule has 3 rings (SSSR count). The van der Waals surface area contributed by atoms with E-state index in [0.29, 0.717) is 5.58 Å². The number of benzene rings is 1. The summed E-state index contributed by atoms with van der Waals surface area (Å²) in [6, 6.07) is 10.6. The second-order valence-corrected chi connectivity index (χ2v) is 6.03. The first-order valence-corrected chi connectivity index (χ1v) is 7.70. The van der Waals surface area contributed by atoms with Gasteiger partial charge in [0.2, 0.25) is 0 Å². The van der Waals surface area contributed by atoms with Gasteiger partial charge in [-0.3, -0.25) is 9.78 Å². The van der Waals surface area contributed by atoms with E-state index in [4.69, 9.17) is 4.42 Å². The van der Waals surface area contributed by atoms with Crippen molar-refractivity contribution in [1.29, 1.82) is 0 Å². The van der Waals surface area contributed by atoms with Gasteiger partial charge in [0.05, 0.1) is 12.1 Å². The highest BCUT2D eigenvalue weighted by Gasteiger charge is 2.32. The summed E-state index contributed by atoms with van der Waals surface area (Å²) in [5, 5.41) is 13.8.